The van der Waals surface area contributed by atoms with Gasteiger partial charge in [0, 0.05) is 5.92 Å². The van der Waals surface area contributed by atoms with Crippen molar-refractivity contribution in [2.45, 2.75) is 37.5 Å². The summed E-state index contributed by atoms with van der Waals surface area (Å²) in [6.07, 6.45) is -18.2. The fourth-order valence-electron chi connectivity index (χ4n) is 8.72. The number of anilines is 2. The summed E-state index contributed by atoms with van der Waals surface area (Å²) in [7, 11) is 2.42. The first-order valence-electron chi connectivity index (χ1n) is 17.9. The Bertz CT molecular complexity index is 2330. The maximum absolute atomic E-state index is 14.3. The summed E-state index contributed by atoms with van der Waals surface area (Å²) in [5, 5.41) is 10.4. The second-order valence-electron chi connectivity index (χ2n) is 14.8. The number of imide groups is 2. The van der Waals surface area contributed by atoms with Crippen LogP contribution in [0.15, 0.2) is 66.3 Å². The van der Waals surface area contributed by atoms with Gasteiger partial charge in [-0.15, -0.1) is 0 Å². The van der Waals surface area contributed by atoms with Gasteiger partial charge in [-0.25, -0.2) is 9.80 Å². The Balaban J connectivity index is 1.35. The second kappa shape index (κ2) is 14.6. The van der Waals surface area contributed by atoms with Crippen molar-refractivity contribution < 1.29 is 86.4 Å². The van der Waals surface area contributed by atoms with Crippen molar-refractivity contribution in [2.75, 3.05) is 24.0 Å². The van der Waals surface area contributed by atoms with Crippen molar-refractivity contribution >= 4 is 41.1 Å². The molecule has 21 heteroatoms. The van der Waals surface area contributed by atoms with E-state index >= 15 is 0 Å². The minimum atomic E-state index is -5.37. The minimum absolute atomic E-state index is 0.0974. The molecule has 9 nitrogen and oxygen atoms in total. The van der Waals surface area contributed by atoms with Crippen LogP contribution in [0.2, 0.25) is 0 Å². The quantitative estimate of drug-likeness (QED) is 0.149. The number of fused-ring (bicyclic) bond motifs is 4. The van der Waals surface area contributed by atoms with Crippen molar-refractivity contribution in [1.29, 1.82) is 0 Å². The van der Waals surface area contributed by atoms with Crippen molar-refractivity contribution in [2.24, 2.45) is 35.5 Å². The number of rotatable bonds is 6. The zero-order chi connectivity index (χ0) is 44.9. The molecule has 3 aromatic rings. The first kappa shape index (κ1) is 43.1. The lowest BCUT2D eigenvalue weighted by molar-refractivity contribution is -0.144. The number of amides is 4. The average molecular weight is 877 g/mol. The number of benzene rings is 3. The molecule has 7 rings (SSSR count). The Morgan fingerprint density at radius 3 is 1.39 bits per heavy atom. The average Bonchev–Trinajstić information content (AvgIpc) is 3.58. The third-order valence-corrected chi connectivity index (χ3v) is 11.4. The molecule has 2 aliphatic carbocycles. The van der Waals surface area contributed by atoms with Crippen LogP contribution in [0, 0.1) is 35.5 Å². The molecule has 2 aliphatic heterocycles. The molecular formula is C40H28F12N2O7. The van der Waals surface area contributed by atoms with E-state index in [1.807, 2.05) is 0 Å². The standard InChI is InChI=1S/C40H28F12N2O7/c1-60-28-7-16(8-29(61-2)32(28)55)3-4-24-23-5-6-25-31(36(59)53(33(25)56)21-11-17(37(41,42)43)9-18(12-21)38(44,45)46)26(23)15-27-30(24)35(58)54(34(27)57)22-13-19(39(47,48)49)10-20(14-22)40(50,51)52/h3-5,7-14,24-27,30-31,55H,6,15H2,1-2H3/t24-,25-,26+,27+,30-,31-/m0/s1. The van der Waals surface area contributed by atoms with Crippen LogP contribution in [-0.2, 0) is 43.9 Å². The number of hydrogen-bond donors (Lipinski definition) is 1. The molecule has 1 saturated carbocycles. The number of carbonyl (C=O) groups is 4. The number of allylic oxidation sites excluding steroid dienone is 3. The Labute approximate surface area is 335 Å². The zero-order valence-electron chi connectivity index (χ0n) is 31.1. The summed E-state index contributed by atoms with van der Waals surface area (Å²) in [5.74, 6) is -14.2. The molecule has 3 aromatic carbocycles. The van der Waals surface area contributed by atoms with Crippen LogP contribution >= 0.6 is 0 Å². The summed E-state index contributed by atoms with van der Waals surface area (Å²) >= 11 is 0. The van der Waals surface area contributed by atoms with E-state index < -0.39 is 130 Å². The van der Waals surface area contributed by atoms with Crippen LogP contribution in [-0.4, -0.2) is 43.0 Å². The highest BCUT2D eigenvalue weighted by Gasteiger charge is 2.62. The van der Waals surface area contributed by atoms with Crippen LogP contribution in [0.4, 0.5) is 64.1 Å². The molecule has 2 heterocycles. The molecule has 2 saturated heterocycles. The summed E-state index contributed by atoms with van der Waals surface area (Å²) in [5.41, 5.74) is -9.02. The van der Waals surface area contributed by atoms with E-state index in [1.165, 1.54) is 44.6 Å². The number of alkyl halides is 12. The number of aromatic hydroxyl groups is 1. The van der Waals surface area contributed by atoms with Gasteiger partial charge in [0.2, 0.25) is 29.4 Å². The van der Waals surface area contributed by atoms with Gasteiger partial charge in [0.15, 0.2) is 11.5 Å². The number of carbonyl (C=O) groups excluding carboxylic acids is 4. The Hall–Kier alpha value is -6.02. The number of methoxy groups -OCH3 is 2. The van der Waals surface area contributed by atoms with Crippen LogP contribution in [0.3, 0.4) is 0 Å². The van der Waals surface area contributed by atoms with Gasteiger partial charge in [0.1, 0.15) is 0 Å². The highest BCUT2D eigenvalue weighted by atomic mass is 19.4. The van der Waals surface area contributed by atoms with Gasteiger partial charge in [-0.1, -0.05) is 23.8 Å². The fraction of sp³-hybridized carbons (Fsp3) is 0.350. The first-order chi connectivity index (χ1) is 28.3. The molecule has 324 valence electrons. The van der Waals surface area contributed by atoms with Crippen LogP contribution in [0.5, 0.6) is 17.2 Å². The third kappa shape index (κ3) is 7.44. The van der Waals surface area contributed by atoms with Gasteiger partial charge in [-0.05, 0) is 72.9 Å². The number of hydrogen-bond acceptors (Lipinski definition) is 7. The largest absolute Gasteiger partial charge is 0.502 e. The number of phenols is 1. The van der Waals surface area contributed by atoms with Crippen molar-refractivity contribution in [3.63, 3.8) is 0 Å². The minimum Gasteiger partial charge on any atom is -0.502 e. The number of ether oxygens (including phenoxy) is 2. The molecule has 3 fully saturated rings. The van der Waals surface area contributed by atoms with Crippen LogP contribution in [0.25, 0.3) is 6.08 Å². The fourth-order valence-corrected chi connectivity index (χ4v) is 8.72. The van der Waals surface area contributed by atoms with Crippen molar-refractivity contribution in [3.8, 4) is 17.2 Å². The number of nitrogens with zero attached hydrogens (tertiary/aromatic N) is 2. The van der Waals surface area contributed by atoms with Gasteiger partial charge < -0.3 is 14.6 Å². The molecule has 0 radical (unpaired) electrons. The lowest BCUT2D eigenvalue weighted by atomic mass is 9.58. The van der Waals surface area contributed by atoms with Gasteiger partial charge in [0.25, 0.3) is 0 Å². The van der Waals surface area contributed by atoms with Gasteiger partial charge in [0.05, 0.1) is 71.5 Å². The maximum Gasteiger partial charge on any atom is 0.416 e. The summed E-state index contributed by atoms with van der Waals surface area (Å²) in [6, 6.07) is 2.99. The highest BCUT2D eigenvalue weighted by Crippen LogP contribution is 2.57. The van der Waals surface area contributed by atoms with E-state index in [0.29, 0.717) is 0 Å². The maximum atomic E-state index is 14.3. The first-order valence-corrected chi connectivity index (χ1v) is 17.9. The van der Waals surface area contributed by atoms with Crippen LogP contribution in [0.1, 0.15) is 40.7 Å². The lowest BCUT2D eigenvalue weighted by Gasteiger charge is -2.42. The van der Waals surface area contributed by atoms with Crippen molar-refractivity contribution in [3.05, 3.63) is 94.1 Å². The lowest BCUT2D eigenvalue weighted by Crippen LogP contribution is -2.43. The Morgan fingerprint density at radius 2 is 0.984 bits per heavy atom. The van der Waals surface area contributed by atoms with Gasteiger partial charge in [-0.2, -0.15) is 52.7 Å². The molecule has 0 unspecified atom stereocenters. The van der Waals surface area contributed by atoms with E-state index in [2.05, 4.69) is 0 Å². The topological polar surface area (TPSA) is 113 Å². The predicted molar refractivity (Wildman–Crippen MR) is 186 cm³/mol. The molecule has 61 heavy (non-hydrogen) atoms. The van der Waals surface area contributed by atoms with Gasteiger partial charge >= 0.3 is 24.7 Å². The van der Waals surface area contributed by atoms with E-state index in [9.17, 15) is 77.0 Å². The van der Waals surface area contributed by atoms with Crippen LogP contribution < -0.4 is 19.3 Å². The monoisotopic (exact) mass is 876 g/mol. The molecule has 1 N–H and O–H groups in total. The predicted octanol–water partition coefficient (Wildman–Crippen LogP) is 9.08. The number of phenolic OH excluding ortho intramolecular Hbond substituents is 1. The number of halogens is 12. The van der Waals surface area contributed by atoms with E-state index in [4.69, 9.17) is 9.47 Å². The SMILES string of the molecule is COc1cc(C=C[C@H]2C3=CC[C@@H]4C(=O)N(c5cc(C(F)(F)F)cc(C(F)(F)F)c5)C(=O)[C@@H]4[C@@H]3C[C@H]3C(=O)N(c4cc(C(F)(F)F)cc(C(F)(F)F)c4)C(=O)[C@@H]23)cc(OC)c1O. The molecule has 6 atom stereocenters. The normalized spacial score (nSPS) is 24.6. The molecular weight excluding hydrogens is 848 g/mol. The van der Waals surface area contributed by atoms with Crippen molar-refractivity contribution in [1.82, 2.24) is 0 Å². The zero-order valence-corrected chi connectivity index (χ0v) is 31.1. The smallest absolute Gasteiger partial charge is 0.416 e. The molecule has 0 bridgehead atoms. The summed E-state index contributed by atoms with van der Waals surface area (Å²) < 4.78 is 177. The van der Waals surface area contributed by atoms with Gasteiger partial charge in [-0.3, -0.25) is 19.2 Å². The molecule has 4 aliphatic rings. The highest BCUT2D eigenvalue weighted by molar-refractivity contribution is 6.24. The second-order valence-corrected chi connectivity index (χ2v) is 14.8. The molecule has 4 amide bonds. The van der Waals surface area contributed by atoms with E-state index in [0.717, 1.165) is 0 Å². The molecule has 0 spiro atoms. The van der Waals surface area contributed by atoms with E-state index in [-0.39, 0.29) is 75.3 Å². The third-order valence-electron chi connectivity index (χ3n) is 11.4. The van der Waals surface area contributed by atoms with E-state index in [1.54, 1.807) is 0 Å². The molecule has 0 aromatic heterocycles. The summed E-state index contributed by atoms with van der Waals surface area (Å²) in [4.78, 5) is 57.0. The summed E-state index contributed by atoms with van der Waals surface area (Å²) in [6.45, 7) is 0. The Morgan fingerprint density at radius 1 is 0.574 bits per heavy atom. The Kier molecular flexibility index (Phi) is 10.3.